The maximum atomic E-state index is 12.9. The van der Waals surface area contributed by atoms with E-state index in [9.17, 15) is 14.0 Å². The lowest BCUT2D eigenvalue weighted by Crippen LogP contribution is -2.11. The number of ketones is 1. The van der Waals surface area contributed by atoms with Gasteiger partial charge in [-0.3, -0.25) is 9.59 Å². The first-order valence-electron chi connectivity index (χ1n) is 8.58. The fourth-order valence-corrected chi connectivity index (χ4v) is 2.55. The molecular formula is C23H18FNO3. The monoisotopic (exact) mass is 375 g/mol. The highest BCUT2D eigenvalue weighted by Crippen LogP contribution is 2.16. The number of amides is 1. The highest BCUT2D eigenvalue weighted by atomic mass is 19.1. The van der Waals surface area contributed by atoms with Crippen molar-refractivity contribution in [2.24, 2.45) is 0 Å². The van der Waals surface area contributed by atoms with Gasteiger partial charge in [0.15, 0.2) is 5.78 Å². The van der Waals surface area contributed by atoms with Crippen molar-refractivity contribution >= 4 is 23.5 Å². The van der Waals surface area contributed by atoms with E-state index in [0.717, 1.165) is 5.56 Å². The summed E-state index contributed by atoms with van der Waals surface area (Å²) in [5.74, 6) is -0.186. The number of rotatable bonds is 6. The summed E-state index contributed by atoms with van der Waals surface area (Å²) in [6, 6.07) is 19.3. The second kappa shape index (κ2) is 8.77. The third kappa shape index (κ3) is 4.92. The van der Waals surface area contributed by atoms with E-state index in [-0.39, 0.29) is 17.5 Å². The summed E-state index contributed by atoms with van der Waals surface area (Å²) in [6.07, 6.45) is 3.06. The summed E-state index contributed by atoms with van der Waals surface area (Å²) in [6.45, 7) is 0. The van der Waals surface area contributed by atoms with Crippen LogP contribution in [-0.2, 0) is 0 Å². The highest BCUT2D eigenvalue weighted by Gasteiger charge is 2.07. The molecule has 0 radical (unpaired) electrons. The number of carbonyl (C=O) groups is 2. The minimum absolute atomic E-state index is 0.229. The van der Waals surface area contributed by atoms with Gasteiger partial charge in [0, 0.05) is 16.8 Å². The maximum absolute atomic E-state index is 12.9. The van der Waals surface area contributed by atoms with Gasteiger partial charge >= 0.3 is 0 Å². The van der Waals surface area contributed by atoms with Crippen molar-refractivity contribution < 1.29 is 18.7 Å². The molecule has 1 N–H and O–H groups in total. The van der Waals surface area contributed by atoms with E-state index in [0.29, 0.717) is 22.6 Å². The van der Waals surface area contributed by atoms with Crippen molar-refractivity contribution in [1.82, 2.24) is 0 Å². The van der Waals surface area contributed by atoms with Crippen molar-refractivity contribution in [2.45, 2.75) is 0 Å². The molecule has 0 aromatic heterocycles. The van der Waals surface area contributed by atoms with Gasteiger partial charge in [-0.2, -0.15) is 0 Å². The van der Waals surface area contributed by atoms with Crippen LogP contribution >= 0.6 is 0 Å². The van der Waals surface area contributed by atoms with Crippen LogP contribution in [0.15, 0.2) is 78.9 Å². The zero-order valence-electron chi connectivity index (χ0n) is 15.2. The third-order valence-electron chi connectivity index (χ3n) is 4.05. The Hall–Kier alpha value is -3.73. The van der Waals surface area contributed by atoms with Crippen LogP contribution in [0.25, 0.3) is 6.08 Å². The Bertz CT molecular complexity index is 1010. The molecule has 3 rings (SSSR count). The molecule has 0 unspecified atom stereocenters. The number of methoxy groups -OCH3 is 1. The first-order valence-corrected chi connectivity index (χ1v) is 8.58. The van der Waals surface area contributed by atoms with Crippen LogP contribution in [0.1, 0.15) is 26.3 Å². The summed E-state index contributed by atoms with van der Waals surface area (Å²) >= 11 is 0. The molecule has 0 fully saturated rings. The predicted molar refractivity (Wildman–Crippen MR) is 107 cm³/mol. The molecule has 0 atom stereocenters. The van der Waals surface area contributed by atoms with Gasteiger partial charge in [0.2, 0.25) is 0 Å². The summed E-state index contributed by atoms with van der Waals surface area (Å²) in [5, 5.41) is 2.82. The van der Waals surface area contributed by atoms with Crippen molar-refractivity contribution in [3.63, 3.8) is 0 Å². The molecule has 0 saturated heterocycles. The second-order valence-corrected chi connectivity index (χ2v) is 6.01. The summed E-state index contributed by atoms with van der Waals surface area (Å²) in [7, 11) is 1.56. The Kier molecular flexibility index (Phi) is 5.97. The van der Waals surface area contributed by atoms with Crippen LogP contribution in [0, 0.1) is 5.82 Å². The summed E-state index contributed by atoms with van der Waals surface area (Å²) < 4.78 is 18.0. The molecule has 0 aliphatic rings. The van der Waals surface area contributed by atoms with E-state index in [1.165, 1.54) is 30.3 Å². The van der Waals surface area contributed by atoms with Crippen LogP contribution in [-0.4, -0.2) is 18.8 Å². The SMILES string of the molecule is COc1ccc(C(=O)Nc2cccc(/C=C/C(=O)c3ccc(F)cc3)c2)cc1. The Morgan fingerprint density at radius 3 is 2.29 bits per heavy atom. The molecule has 0 aliphatic carbocycles. The maximum Gasteiger partial charge on any atom is 0.255 e. The molecule has 28 heavy (non-hydrogen) atoms. The molecule has 5 heteroatoms. The van der Waals surface area contributed by atoms with Gasteiger partial charge in [-0.1, -0.05) is 18.2 Å². The second-order valence-electron chi connectivity index (χ2n) is 6.01. The molecule has 140 valence electrons. The van der Waals surface area contributed by atoms with Crippen molar-refractivity contribution in [2.75, 3.05) is 12.4 Å². The zero-order valence-corrected chi connectivity index (χ0v) is 15.2. The number of allylic oxidation sites excluding steroid dienone is 1. The lowest BCUT2D eigenvalue weighted by molar-refractivity contribution is 0.102. The van der Waals surface area contributed by atoms with Crippen LogP contribution in [0.5, 0.6) is 5.75 Å². The van der Waals surface area contributed by atoms with Gasteiger partial charge in [-0.05, 0) is 72.3 Å². The van der Waals surface area contributed by atoms with Crippen molar-refractivity contribution in [1.29, 1.82) is 0 Å². The number of hydrogen-bond donors (Lipinski definition) is 1. The molecular weight excluding hydrogens is 357 g/mol. The van der Waals surface area contributed by atoms with Gasteiger partial charge in [0.25, 0.3) is 5.91 Å². The lowest BCUT2D eigenvalue weighted by Gasteiger charge is -2.07. The molecule has 0 aliphatic heterocycles. The first-order chi connectivity index (χ1) is 13.5. The average Bonchev–Trinajstić information content (AvgIpc) is 2.73. The van der Waals surface area contributed by atoms with E-state index >= 15 is 0 Å². The average molecular weight is 375 g/mol. The fourth-order valence-electron chi connectivity index (χ4n) is 2.55. The predicted octanol–water partition coefficient (Wildman–Crippen LogP) is 4.98. The molecule has 0 bridgehead atoms. The van der Waals surface area contributed by atoms with Crippen LogP contribution < -0.4 is 10.1 Å². The molecule has 3 aromatic carbocycles. The Labute approximate surface area is 162 Å². The lowest BCUT2D eigenvalue weighted by atomic mass is 10.1. The van der Waals surface area contributed by atoms with E-state index in [1.807, 2.05) is 6.07 Å². The van der Waals surface area contributed by atoms with Crippen molar-refractivity contribution in [3.05, 3.63) is 101 Å². The molecule has 4 nitrogen and oxygen atoms in total. The fraction of sp³-hybridized carbons (Fsp3) is 0.0435. The smallest absolute Gasteiger partial charge is 0.255 e. The first kappa shape index (κ1) is 19.0. The largest absolute Gasteiger partial charge is 0.497 e. The van der Waals surface area contributed by atoms with Gasteiger partial charge in [-0.25, -0.2) is 4.39 Å². The Morgan fingerprint density at radius 1 is 0.929 bits per heavy atom. The number of nitrogens with one attached hydrogen (secondary N) is 1. The van der Waals surface area contributed by atoms with Crippen molar-refractivity contribution in [3.8, 4) is 5.75 Å². The topological polar surface area (TPSA) is 55.4 Å². The minimum atomic E-state index is -0.388. The minimum Gasteiger partial charge on any atom is -0.497 e. The van der Waals surface area contributed by atoms with Crippen LogP contribution in [0.2, 0.25) is 0 Å². The van der Waals surface area contributed by atoms with E-state index < -0.39 is 0 Å². The number of halogens is 1. The quantitative estimate of drug-likeness (QED) is 0.488. The van der Waals surface area contributed by atoms with E-state index in [2.05, 4.69) is 5.32 Å². The van der Waals surface area contributed by atoms with Gasteiger partial charge in [0.1, 0.15) is 11.6 Å². The summed E-state index contributed by atoms with van der Waals surface area (Å²) in [5.41, 5.74) is 2.27. The number of ether oxygens (including phenoxy) is 1. The highest BCUT2D eigenvalue weighted by molar-refractivity contribution is 6.07. The number of hydrogen-bond acceptors (Lipinski definition) is 3. The Balaban J connectivity index is 1.68. The van der Waals surface area contributed by atoms with Crippen LogP contribution in [0.4, 0.5) is 10.1 Å². The normalized spacial score (nSPS) is 10.6. The molecule has 3 aromatic rings. The van der Waals surface area contributed by atoms with Gasteiger partial charge in [-0.15, -0.1) is 0 Å². The third-order valence-corrected chi connectivity index (χ3v) is 4.05. The summed E-state index contributed by atoms with van der Waals surface area (Å²) in [4.78, 5) is 24.5. The number of anilines is 1. The number of carbonyl (C=O) groups excluding carboxylic acids is 2. The zero-order chi connectivity index (χ0) is 19.9. The van der Waals surface area contributed by atoms with E-state index in [4.69, 9.17) is 4.74 Å². The Morgan fingerprint density at radius 2 is 1.61 bits per heavy atom. The molecule has 0 saturated carbocycles. The van der Waals surface area contributed by atoms with Gasteiger partial charge in [0.05, 0.1) is 7.11 Å². The van der Waals surface area contributed by atoms with Crippen LogP contribution in [0.3, 0.4) is 0 Å². The molecule has 1 amide bonds. The van der Waals surface area contributed by atoms with Gasteiger partial charge < -0.3 is 10.1 Å². The standard InChI is InChI=1S/C23H18FNO3/c1-28-21-12-8-18(9-13-21)23(27)25-20-4-2-3-16(15-20)5-14-22(26)17-6-10-19(24)11-7-17/h2-15H,1H3,(H,25,27)/b14-5+. The number of benzene rings is 3. The molecule has 0 spiro atoms. The molecule has 0 heterocycles. The van der Waals surface area contributed by atoms with E-state index in [1.54, 1.807) is 55.7 Å².